The van der Waals surface area contributed by atoms with Crippen LogP contribution in [-0.2, 0) is 6.42 Å². The minimum Gasteiger partial charge on any atom is -0.321 e. The monoisotopic (exact) mass is 272 g/mol. The van der Waals surface area contributed by atoms with Gasteiger partial charge in [-0.15, -0.1) is 11.3 Å². The van der Waals surface area contributed by atoms with Gasteiger partial charge in [-0.1, -0.05) is 17.7 Å². The van der Waals surface area contributed by atoms with Crippen molar-refractivity contribution < 1.29 is 4.79 Å². The second kappa shape index (κ2) is 4.78. The molecule has 0 N–H and O–H groups in total. The molecule has 3 rings (SSSR count). The van der Waals surface area contributed by atoms with Crippen LogP contribution in [0.15, 0.2) is 24.3 Å². The van der Waals surface area contributed by atoms with Crippen LogP contribution in [0.3, 0.4) is 0 Å². The first kappa shape index (κ1) is 12.4. The summed E-state index contributed by atoms with van der Waals surface area (Å²) < 4.78 is 0. The second-order valence-corrected chi connectivity index (χ2v) is 6.00. The lowest BCUT2D eigenvalue weighted by Gasteiger charge is -2.15. The van der Waals surface area contributed by atoms with Crippen LogP contribution in [0.1, 0.15) is 33.8 Å². The molecule has 2 aromatic rings. The highest BCUT2D eigenvalue weighted by atomic mass is 32.1. The molecule has 1 aromatic heterocycles. The minimum atomic E-state index is 0.195. The van der Waals surface area contributed by atoms with Crippen LogP contribution in [0, 0.1) is 6.92 Å². The molecule has 98 valence electrons. The maximum absolute atomic E-state index is 11.8. The molecule has 0 unspecified atom stereocenters. The van der Waals surface area contributed by atoms with E-state index in [0.717, 1.165) is 28.5 Å². The van der Waals surface area contributed by atoms with Crippen LogP contribution in [0.5, 0.6) is 0 Å². The fourth-order valence-corrected chi connectivity index (χ4v) is 3.38. The van der Waals surface area contributed by atoms with E-state index in [1.807, 2.05) is 7.05 Å². The molecular formula is C15H16N2OS. The first-order valence-corrected chi connectivity index (χ1v) is 7.30. The third-order valence-electron chi connectivity index (χ3n) is 3.47. The van der Waals surface area contributed by atoms with Gasteiger partial charge < -0.3 is 4.90 Å². The molecule has 0 fully saturated rings. The van der Waals surface area contributed by atoms with Crippen LogP contribution in [0.25, 0.3) is 0 Å². The number of benzene rings is 1. The van der Waals surface area contributed by atoms with Crippen molar-refractivity contribution in [1.29, 1.82) is 0 Å². The summed E-state index contributed by atoms with van der Waals surface area (Å²) in [5.41, 5.74) is 3.04. The number of ketones is 1. The molecule has 3 nitrogen and oxygen atoms in total. The van der Waals surface area contributed by atoms with E-state index in [-0.39, 0.29) is 5.78 Å². The first-order valence-electron chi connectivity index (χ1n) is 6.48. The van der Waals surface area contributed by atoms with E-state index >= 15 is 0 Å². The summed E-state index contributed by atoms with van der Waals surface area (Å²) in [6.45, 7) is 2.07. The number of carbonyl (C=O) groups is 1. The Hall–Kier alpha value is -1.68. The Kier molecular flexibility index (Phi) is 3.11. The Morgan fingerprint density at radius 2 is 1.95 bits per heavy atom. The van der Waals surface area contributed by atoms with E-state index in [1.165, 1.54) is 5.56 Å². The van der Waals surface area contributed by atoms with Crippen LogP contribution in [0.4, 0.5) is 10.8 Å². The van der Waals surface area contributed by atoms with Crippen molar-refractivity contribution in [3.8, 4) is 0 Å². The normalized spacial score (nSPS) is 14.3. The molecule has 0 aliphatic heterocycles. The molecule has 1 aliphatic rings. The number of nitrogens with zero attached hydrogens (tertiary/aromatic N) is 2. The summed E-state index contributed by atoms with van der Waals surface area (Å²) >= 11 is 1.64. The van der Waals surface area contributed by atoms with Gasteiger partial charge in [0.25, 0.3) is 0 Å². The van der Waals surface area contributed by atoms with E-state index in [9.17, 15) is 4.79 Å². The Labute approximate surface area is 116 Å². The molecule has 0 radical (unpaired) electrons. The summed E-state index contributed by atoms with van der Waals surface area (Å²) in [5.74, 6) is 0.195. The highest BCUT2D eigenvalue weighted by Gasteiger charge is 2.23. The predicted molar refractivity (Wildman–Crippen MR) is 78.6 cm³/mol. The van der Waals surface area contributed by atoms with Crippen molar-refractivity contribution in [3.63, 3.8) is 0 Å². The average molecular weight is 272 g/mol. The number of Topliss-reactive ketones (excluding diaryl/α,β-unsaturated/α-hetero) is 1. The van der Waals surface area contributed by atoms with Crippen LogP contribution in [0.2, 0.25) is 0 Å². The average Bonchev–Trinajstić information content (AvgIpc) is 2.84. The SMILES string of the molecule is Cc1ccc(N(C)c2nc3c(s2)CCCC3=O)cc1. The fourth-order valence-electron chi connectivity index (χ4n) is 2.28. The summed E-state index contributed by atoms with van der Waals surface area (Å²) in [4.78, 5) is 19.5. The van der Waals surface area contributed by atoms with Gasteiger partial charge in [-0.25, -0.2) is 4.98 Å². The Balaban J connectivity index is 1.94. The molecule has 1 heterocycles. The third-order valence-corrected chi connectivity index (χ3v) is 4.66. The lowest BCUT2D eigenvalue weighted by atomic mass is 10.0. The number of aromatic nitrogens is 1. The van der Waals surface area contributed by atoms with Gasteiger partial charge in [-0.3, -0.25) is 4.79 Å². The molecule has 4 heteroatoms. The van der Waals surface area contributed by atoms with E-state index < -0.39 is 0 Å². The summed E-state index contributed by atoms with van der Waals surface area (Å²) in [7, 11) is 2.00. The van der Waals surface area contributed by atoms with Gasteiger partial charge in [-0.05, 0) is 31.9 Å². The van der Waals surface area contributed by atoms with Gasteiger partial charge >= 0.3 is 0 Å². The Morgan fingerprint density at radius 3 is 2.63 bits per heavy atom. The highest BCUT2D eigenvalue weighted by molar-refractivity contribution is 7.16. The van der Waals surface area contributed by atoms with Gasteiger partial charge in [0, 0.05) is 24.0 Å². The largest absolute Gasteiger partial charge is 0.321 e. The topological polar surface area (TPSA) is 33.2 Å². The summed E-state index contributed by atoms with van der Waals surface area (Å²) in [6.07, 6.45) is 2.59. The van der Waals surface area contributed by atoms with Crippen molar-refractivity contribution in [3.05, 3.63) is 40.4 Å². The minimum absolute atomic E-state index is 0.195. The molecule has 1 aliphatic carbocycles. The molecular weight excluding hydrogens is 256 g/mol. The molecule has 0 saturated heterocycles. The number of fused-ring (bicyclic) bond motifs is 1. The molecule has 0 bridgehead atoms. The number of carbonyl (C=O) groups excluding carboxylic acids is 1. The zero-order chi connectivity index (χ0) is 13.4. The molecule has 1 aromatic carbocycles. The Morgan fingerprint density at radius 1 is 1.21 bits per heavy atom. The van der Waals surface area contributed by atoms with Crippen molar-refractivity contribution >= 4 is 27.9 Å². The van der Waals surface area contributed by atoms with Crippen LogP contribution < -0.4 is 4.90 Å². The van der Waals surface area contributed by atoms with Gasteiger partial charge in [0.1, 0.15) is 5.69 Å². The van der Waals surface area contributed by atoms with E-state index in [0.29, 0.717) is 12.1 Å². The molecule has 19 heavy (non-hydrogen) atoms. The zero-order valence-corrected chi connectivity index (χ0v) is 12.0. The van der Waals surface area contributed by atoms with E-state index in [1.54, 1.807) is 11.3 Å². The van der Waals surface area contributed by atoms with Crippen molar-refractivity contribution in [2.24, 2.45) is 0 Å². The lowest BCUT2D eigenvalue weighted by molar-refractivity contribution is 0.0968. The van der Waals surface area contributed by atoms with E-state index in [2.05, 4.69) is 41.1 Å². The number of anilines is 2. The van der Waals surface area contributed by atoms with Crippen molar-refractivity contribution in [2.75, 3.05) is 11.9 Å². The maximum atomic E-state index is 11.8. The highest BCUT2D eigenvalue weighted by Crippen LogP contribution is 2.34. The zero-order valence-electron chi connectivity index (χ0n) is 11.1. The van der Waals surface area contributed by atoms with Crippen LogP contribution >= 0.6 is 11.3 Å². The molecule has 0 spiro atoms. The number of hydrogen-bond acceptors (Lipinski definition) is 4. The number of aryl methyl sites for hydroxylation is 2. The van der Waals surface area contributed by atoms with Crippen molar-refractivity contribution in [2.45, 2.75) is 26.2 Å². The lowest BCUT2D eigenvalue weighted by Crippen LogP contribution is -2.11. The fraction of sp³-hybridized carbons (Fsp3) is 0.333. The number of rotatable bonds is 2. The van der Waals surface area contributed by atoms with Gasteiger partial charge in [0.05, 0.1) is 0 Å². The predicted octanol–water partition coefficient (Wildman–Crippen LogP) is 3.74. The Bertz CT molecular complexity index is 616. The molecule has 0 atom stereocenters. The second-order valence-electron chi connectivity index (χ2n) is 4.94. The quantitative estimate of drug-likeness (QED) is 0.835. The van der Waals surface area contributed by atoms with E-state index in [4.69, 9.17) is 0 Å². The smallest absolute Gasteiger partial charge is 0.190 e. The maximum Gasteiger partial charge on any atom is 0.190 e. The summed E-state index contributed by atoms with van der Waals surface area (Å²) in [6, 6.07) is 8.34. The number of thiazole rings is 1. The van der Waals surface area contributed by atoms with Gasteiger partial charge in [-0.2, -0.15) is 0 Å². The van der Waals surface area contributed by atoms with Gasteiger partial charge in [0.15, 0.2) is 10.9 Å². The summed E-state index contributed by atoms with van der Waals surface area (Å²) in [5, 5.41) is 0.907. The first-order chi connectivity index (χ1) is 9.15. The van der Waals surface area contributed by atoms with Gasteiger partial charge in [0.2, 0.25) is 0 Å². The molecule has 0 amide bonds. The van der Waals surface area contributed by atoms with Crippen molar-refractivity contribution in [1.82, 2.24) is 4.98 Å². The molecule has 0 saturated carbocycles. The standard InChI is InChI=1S/C15H16N2OS/c1-10-6-8-11(9-7-10)17(2)15-16-14-12(18)4-3-5-13(14)19-15/h6-9H,3-5H2,1-2H3. The van der Waals surface area contributed by atoms with Crippen LogP contribution in [-0.4, -0.2) is 17.8 Å². The third kappa shape index (κ3) is 2.28. The number of hydrogen-bond donors (Lipinski definition) is 0.